The monoisotopic (exact) mass is 230 g/mol. The zero-order valence-corrected chi connectivity index (χ0v) is 10.3. The molecule has 1 saturated heterocycles. The summed E-state index contributed by atoms with van der Waals surface area (Å²) in [4.78, 5) is 2.29. The number of nitrogens with zero attached hydrogens (tertiary/aromatic N) is 2. The Kier molecular flexibility index (Phi) is 3.35. The largest absolute Gasteiger partial charge is 0.389 e. The van der Waals surface area contributed by atoms with E-state index in [9.17, 15) is 5.11 Å². The van der Waals surface area contributed by atoms with E-state index in [4.69, 9.17) is 5.26 Å². The highest BCUT2D eigenvalue weighted by atomic mass is 16.3. The summed E-state index contributed by atoms with van der Waals surface area (Å²) in [6, 6.07) is 8.18. The number of nitriles is 1. The molecule has 0 spiro atoms. The molecule has 3 nitrogen and oxygen atoms in total. The van der Waals surface area contributed by atoms with E-state index in [0.717, 1.165) is 17.8 Å². The fraction of sp³-hybridized carbons (Fsp3) is 0.500. The first-order chi connectivity index (χ1) is 8.13. The molecule has 0 amide bonds. The summed E-state index contributed by atoms with van der Waals surface area (Å²) in [7, 11) is 0. The third kappa shape index (κ3) is 2.27. The lowest BCUT2D eigenvalue weighted by Crippen LogP contribution is -2.27. The minimum Gasteiger partial charge on any atom is -0.389 e. The number of aliphatic hydroxyl groups is 1. The van der Waals surface area contributed by atoms with Crippen LogP contribution in [0.4, 0.5) is 5.69 Å². The molecule has 0 saturated carbocycles. The molecule has 1 heterocycles. The summed E-state index contributed by atoms with van der Waals surface area (Å²) in [5, 5.41) is 18.8. The average molecular weight is 230 g/mol. The number of hydrogen-bond donors (Lipinski definition) is 1. The Morgan fingerprint density at radius 2 is 2.29 bits per heavy atom. The lowest BCUT2D eigenvalue weighted by molar-refractivity contribution is 0.199. The van der Waals surface area contributed by atoms with E-state index in [2.05, 4.69) is 17.9 Å². The maximum Gasteiger partial charge on any atom is 0.0992 e. The van der Waals surface area contributed by atoms with Crippen molar-refractivity contribution in [3.05, 3.63) is 29.3 Å². The summed E-state index contributed by atoms with van der Waals surface area (Å²) in [5.41, 5.74) is 2.59. The molecule has 1 N–H and O–H groups in total. The highest BCUT2D eigenvalue weighted by molar-refractivity contribution is 5.59. The predicted octanol–water partition coefficient (Wildman–Crippen LogP) is 2.60. The maximum absolute atomic E-state index is 9.81. The molecule has 3 heteroatoms. The summed E-state index contributed by atoms with van der Waals surface area (Å²) in [6.07, 6.45) is 1.86. The van der Waals surface area contributed by atoms with Gasteiger partial charge in [0.2, 0.25) is 0 Å². The lowest BCUT2D eigenvalue weighted by Gasteiger charge is -2.27. The van der Waals surface area contributed by atoms with Gasteiger partial charge in [0.1, 0.15) is 0 Å². The van der Waals surface area contributed by atoms with Gasteiger partial charge in [0.15, 0.2) is 0 Å². The Labute approximate surface area is 102 Å². The normalized spacial score (nSPS) is 21.3. The Morgan fingerprint density at radius 3 is 2.82 bits per heavy atom. The van der Waals surface area contributed by atoms with E-state index in [-0.39, 0.29) is 0 Å². The lowest BCUT2D eigenvalue weighted by atomic mass is 10.0. The molecular formula is C14H18N2O. The van der Waals surface area contributed by atoms with E-state index < -0.39 is 6.10 Å². The van der Waals surface area contributed by atoms with Crippen LogP contribution in [0, 0.1) is 11.3 Å². The van der Waals surface area contributed by atoms with Crippen molar-refractivity contribution in [2.45, 2.75) is 38.8 Å². The Bertz CT molecular complexity index is 448. The molecule has 1 aromatic carbocycles. The number of rotatable bonds is 2. The van der Waals surface area contributed by atoms with Crippen molar-refractivity contribution in [2.24, 2.45) is 0 Å². The molecule has 17 heavy (non-hydrogen) atoms. The number of benzene rings is 1. The molecule has 0 bridgehead atoms. The number of aliphatic hydroxyl groups excluding tert-OH is 1. The van der Waals surface area contributed by atoms with Gasteiger partial charge in [-0.3, -0.25) is 0 Å². The van der Waals surface area contributed by atoms with E-state index in [0.29, 0.717) is 11.6 Å². The van der Waals surface area contributed by atoms with Gasteiger partial charge in [-0.1, -0.05) is 6.07 Å². The molecule has 1 aliphatic heterocycles. The summed E-state index contributed by atoms with van der Waals surface area (Å²) in [5.74, 6) is 0. The van der Waals surface area contributed by atoms with Crippen LogP contribution in [0.1, 0.15) is 43.9 Å². The SMILES string of the molecule is CC1CCCN1c1cc(C#N)ccc1[C@H](C)O. The van der Waals surface area contributed by atoms with Gasteiger partial charge in [0.25, 0.3) is 0 Å². The van der Waals surface area contributed by atoms with E-state index in [1.807, 2.05) is 12.1 Å². The third-order valence-corrected chi connectivity index (χ3v) is 3.47. The topological polar surface area (TPSA) is 47.3 Å². The summed E-state index contributed by atoms with van der Waals surface area (Å²) < 4.78 is 0. The standard InChI is InChI=1S/C14H18N2O/c1-10-4-3-7-16(10)14-8-12(9-15)5-6-13(14)11(2)17/h5-6,8,10-11,17H,3-4,7H2,1-2H3/t10?,11-/m0/s1. The van der Waals surface area contributed by atoms with Crippen LogP contribution in [0.5, 0.6) is 0 Å². The first kappa shape index (κ1) is 11.9. The Balaban J connectivity index is 2.45. The number of anilines is 1. The fourth-order valence-electron chi connectivity index (χ4n) is 2.51. The minimum atomic E-state index is -0.495. The minimum absolute atomic E-state index is 0.487. The maximum atomic E-state index is 9.81. The molecule has 1 fully saturated rings. The van der Waals surface area contributed by atoms with E-state index in [1.165, 1.54) is 12.8 Å². The van der Waals surface area contributed by atoms with Crippen LogP contribution in [0.2, 0.25) is 0 Å². The van der Waals surface area contributed by atoms with Crippen LogP contribution < -0.4 is 4.90 Å². The average Bonchev–Trinajstić information content (AvgIpc) is 2.74. The number of hydrogen-bond acceptors (Lipinski definition) is 3. The Hall–Kier alpha value is -1.53. The summed E-state index contributed by atoms with van der Waals surface area (Å²) >= 11 is 0. The highest BCUT2D eigenvalue weighted by Gasteiger charge is 2.24. The van der Waals surface area contributed by atoms with Gasteiger partial charge >= 0.3 is 0 Å². The van der Waals surface area contributed by atoms with Gasteiger partial charge in [0, 0.05) is 23.8 Å². The molecule has 90 valence electrons. The molecule has 1 unspecified atom stereocenters. The smallest absolute Gasteiger partial charge is 0.0992 e. The van der Waals surface area contributed by atoms with Crippen molar-refractivity contribution in [3.8, 4) is 6.07 Å². The van der Waals surface area contributed by atoms with Crippen LogP contribution >= 0.6 is 0 Å². The van der Waals surface area contributed by atoms with Gasteiger partial charge in [-0.15, -0.1) is 0 Å². The second-order valence-corrected chi connectivity index (χ2v) is 4.75. The quantitative estimate of drug-likeness (QED) is 0.849. The van der Waals surface area contributed by atoms with Crippen molar-refractivity contribution in [3.63, 3.8) is 0 Å². The first-order valence-electron chi connectivity index (χ1n) is 6.12. The molecular weight excluding hydrogens is 212 g/mol. The van der Waals surface area contributed by atoms with E-state index in [1.54, 1.807) is 13.0 Å². The van der Waals surface area contributed by atoms with E-state index >= 15 is 0 Å². The molecule has 0 aromatic heterocycles. The molecule has 0 radical (unpaired) electrons. The zero-order valence-electron chi connectivity index (χ0n) is 10.3. The van der Waals surface area contributed by atoms with Crippen molar-refractivity contribution >= 4 is 5.69 Å². The van der Waals surface area contributed by atoms with Crippen molar-refractivity contribution in [2.75, 3.05) is 11.4 Å². The predicted molar refractivity (Wildman–Crippen MR) is 67.8 cm³/mol. The third-order valence-electron chi connectivity index (χ3n) is 3.47. The van der Waals surface area contributed by atoms with Crippen LogP contribution in [0.25, 0.3) is 0 Å². The van der Waals surface area contributed by atoms with Gasteiger partial charge in [-0.2, -0.15) is 5.26 Å². The molecule has 2 rings (SSSR count). The van der Waals surface area contributed by atoms with Crippen LogP contribution in [-0.2, 0) is 0 Å². The van der Waals surface area contributed by atoms with Gasteiger partial charge in [-0.25, -0.2) is 0 Å². The Morgan fingerprint density at radius 1 is 1.53 bits per heavy atom. The fourth-order valence-corrected chi connectivity index (χ4v) is 2.51. The highest BCUT2D eigenvalue weighted by Crippen LogP contribution is 2.32. The van der Waals surface area contributed by atoms with Gasteiger partial charge in [0.05, 0.1) is 17.7 Å². The molecule has 0 aliphatic carbocycles. The van der Waals surface area contributed by atoms with Crippen molar-refractivity contribution in [1.82, 2.24) is 0 Å². The van der Waals surface area contributed by atoms with Crippen LogP contribution in [-0.4, -0.2) is 17.7 Å². The van der Waals surface area contributed by atoms with Gasteiger partial charge < -0.3 is 10.0 Å². The molecule has 1 aromatic rings. The second-order valence-electron chi connectivity index (χ2n) is 4.75. The first-order valence-corrected chi connectivity index (χ1v) is 6.12. The van der Waals surface area contributed by atoms with Crippen molar-refractivity contribution in [1.29, 1.82) is 5.26 Å². The summed E-state index contributed by atoms with van der Waals surface area (Å²) in [6.45, 7) is 4.97. The van der Waals surface area contributed by atoms with Gasteiger partial charge in [-0.05, 0) is 38.8 Å². The molecule has 1 aliphatic rings. The van der Waals surface area contributed by atoms with Crippen molar-refractivity contribution < 1.29 is 5.11 Å². The second kappa shape index (κ2) is 4.77. The van der Waals surface area contributed by atoms with Crippen LogP contribution in [0.15, 0.2) is 18.2 Å². The molecule has 2 atom stereocenters. The zero-order chi connectivity index (χ0) is 12.4. The van der Waals surface area contributed by atoms with Crippen LogP contribution in [0.3, 0.4) is 0 Å².